The van der Waals surface area contributed by atoms with Crippen molar-refractivity contribution in [2.45, 2.75) is 6.54 Å². The van der Waals surface area contributed by atoms with Gasteiger partial charge in [0.1, 0.15) is 6.54 Å². The maximum absolute atomic E-state index is 12.3. The Balaban J connectivity index is 1.57. The number of benzene rings is 2. The van der Waals surface area contributed by atoms with E-state index in [4.69, 9.17) is 4.74 Å². The lowest BCUT2D eigenvalue weighted by Gasteiger charge is -2.29. The van der Waals surface area contributed by atoms with Gasteiger partial charge in [0.25, 0.3) is 0 Å². The van der Waals surface area contributed by atoms with Crippen LogP contribution in [0.25, 0.3) is 0 Å². The van der Waals surface area contributed by atoms with Crippen molar-refractivity contribution in [3.63, 3.8) is 0 Å². The van der Waals surface area contributed by atoms with E-state index in [2.05, 4.69) is 10.2 Å². The molecule has 1 amide bonds. The molecule has 3 rings (SSSR count). The largest absolute Gasteiger partial charge is 0.378 e. The Kier molecular flexibility index (Phi) is 6.53. The van der Waals surface area contributed by atoms with Gasteiger partial charge in [0.2, 0.25) is 15.9 Å². The molecule has 1 aliphatic rings. The summed E-state index contributed by atoms with van der Waals surface area (Å²) in [6, 6.07) is 16.6. The van der Waals surface area contributed by atoms with Crippen LogP contribution in [0.2, 0.25) is 0 Å². The third-order valence-electron chi connectivity index (χ3n) is 4.53. The molecule has 2 aromatic carbocycles. The van der Waals surface area contributed by atoms with Crippen LogP contribution in [0.1, 0.15) is 5.56 Å². The fourth-order valence-corrected chi connectivity index (χ4v) is 3.88. The molecule has 0 aliphatic carbocycles. The Morgan fingerprint density at radius 2 is 1.71 bits per heavy atom. The van der Waals surface area contributed by atoms with Crippen LogP contribution < -0.4 is 14.5 Å². The molecule has 1 aliphatic heterocycles. The Labute approximate surface area is 166 Å². The van der Waals surface area contributed by atoms with Gasteiger partial charge in [0.15, 0.2) is 0 Å². The zero-order valence-corrected chi connectivity index (χ0v) is 16.7. The Morgan fingerprint density at radius 3 is 2.32 bits per heavy atom. The summed E-state index contributed by atoms with van der Waals surface area (Å²) < 4.78 is 30.6. The number of ether oxygens (including phenoxy) is 1. The van der Waals surface area contributed by atoms with Gasteiger partial charge in [-0.05, 0) is 29.8 Å². The molecule has 0 bridgehead atoms. The third kappa shape index (κ3) is 5.46. The second-order valence-corrected chi connectivity index (χ2v) is 8.55. The number of carbonyl (C=O) groups is 1. The van der Waals surface area contributed by atoms with Crippen LogP contribution in [0.15, 0.2) is 54.6 Å². The molecule has 1 N–H and O–H groups in total. The molecule has 0 spiro atoms. The molecule has 0 saturated carbocycles. The van der Waals surface area contributed by atoms with Gasteiger partial charge in [-0.2, -0.15) is 0 Å². The molecule has 0 aromatic heterocycles. The van der Waals surface area contributed by atoms with Crippen LogP contribution in [0.3, 0.4) is 0 Å². The number of sulfonamides is 1. The molecule has 1 fully saturated rings. The first kappa shape index (κ1) is 20.2. The number of amides is 1. The molecule has 0 unspecified atom stereocenters. The number of hydrogen-bond donors (Lipinski definition) is 1. The fraction of sp³-hybridized carbons (Fsp3) is 0.350. The Bertz CT molecular complexity index is 879. The average molecular weight is 404 g/mol. The van der Waals surface area contributed by atoms with Crippen molar-refractivity contribution >= 4 is 27.3 Å². The molecular formula is C20H25N3O4S. The zero-order chi connectivity index (χ0) is 20.0. The molecule has 0 radical (unpaired) electrons. The van der Waals surface area contributed by atoms with Gasteiger partial charge in [0.05, 0.1) is 25.2 Å². The monoisotopic (exact) mass is 403 g/mol. The highest BCUT2D eigenvalue weighted by atomic mass is 32.2. The van der Waals surface area contributed by atoms with Crippen LogP contribution in [-0.4, -0.2) is 53.4 Å². The fourth-order valence-electron chi connectivity index (χ4n) is 3.03. The van der Waals surface area contributed by atoms with E-state index in [1.165, 1.54) is 0 Å². The molecular weight excluding hydrogens is 378 g/mol. The van der Waals surface area contributed by atoms with E-state index in [1.54, 1.807) is 30.3 Å². The molecule has 2 aromatic rings. The lowest BCUT2D eigenvalue weighted by atomic mass is 10.2. The van der Waals surface area contributed by atoms with Gasteiger partial charge < -0.3 is 15.0 Å². The standard InChI is InChI=1S/C20H25N3O4S/c1-28(25,26)23(19-5-3-2-4-6-19)16-20(24)21-15-17-7-9-18(10-8-17)22-11-13-27-14-12-22/h2-10H,11-16H2,1H3,(H,21,24). The van der Waals surface area contributed by atoms with Crippen LogP contribution in [0.4, 0.5) is 11.4 Å². The van der Waals surface area contributed by atoms with Crippen molar-refractivity contribution in [1.82, 2.24) is 5.32 Å². The predicted octanol–water partition coefficient (Wildman–Crippen LogP) is 1.61. The quantitative estimate of drug-likeness (QED) is 0.760. The summed E-state index contributed by atoms with van der Waals surface area (Å²) >= 11 is 0. The van der Waals surface area contributed by atoms with E-state index in [-0.39, 0.29) is 12.5 Å². The highest BCUT2D eigenvalue weighted by Gasteiger charge is 2.20. The topological polar surface area (TPSA) is 79.0 Å². The molecule has 1 saturated heterocycles. The Morgan fingerprint density at radius 1 is 1.07 bits per heavy atom. The number of nitrogens with zero attached hydrogens (tertiary/aromatic N) is 2. The highest BCUT2D eigenvalue weighted by molar-refractivity contribution is 7.92. The maximum atomic E-state index is 12.3. The van der Waals surface area contributed by atoms with E-state index in [0.29, 0.717) is 12.2 Å². The molecule has 7 nitrogen and oxygen atoms in total. The Hall–Kier alpha value is -2.58. The van der Waals surface area contributed by atoms with Crippen molar-refractivity contribution in [3.05, 3.63) is 60.2 Å². The minimum atomic E-state index is -3.56. The summed E-state index contributed by atoms with van der Waals surface area (Å²) in [5.41, 5.74) is 2.55. The summed E-state index contributed by atoms with van der Waals surface area (Å²) in [6.45, 7) is 3.29. The van der Waals surface area contributed by atoms with Crippen molar-refractivity contribution in [2.75, 3.05) is 48.3 Å². The van der Waals surface area contributed by atoms with E-state index in [9.17, 15) is 13.2 Å². The highest BCUT2D eigenvalue weighted by Crippen LogP contribution is 2.17. The van der Waals surface area contributed by atoms with Gasteiger partial charge in [-0.15, -0.1) is 0 Å². The molecule has 0 atom stereocenters. The average Bonchev–Trinajstić information content (AvgIpc) is 2.71. The van der Waals surface area contributed by atoms with E-state index in [1.807, 2.05) is 24.3 Å². The number of anilines is 2. The van der Waals surface area contributed by atoms with Gasteiger partial charge in [0, 0.05) is 25.3 Å². The number of nitrogens with one attached hydrogen (secondary N) is 1. The lowest BCUT2D eigenvalue weighted by Crippen LogP contribution is -2.40. The number of carbonyl (C=O) groups excluding carboxylic acids is 1. The first-order chi connectivity index (χ1) is 13.4. The van der Waals surface area contributed by atoms with Crippen LogP contribution in [0, 0.1) is 0 Å². The second kappa shape index (κ2) is 9.07. The zero-order valence-electron chi connectivity index (χ0n) is 15.9. The molecule has 150 valence electrons. The smallest absolute Gasteiger partial charge is 0.241 e. The number of hydrogen-bond acceptors (Lipinski definition) is 5. The second-order valence-electron chi connectivity index (χ2n) is 6.65. The normalized spacial score (nSPS) is 14.5. The van der Waals surface area contributed by atoms with Crippen molar-refractivity contribution < 1.29 is 17.9 Å². The first-order valence-corrected chi connectivity index (χ1v) is 11.0. The van der Waals surface area contributed by atoms with Gasteiger partial charge in [-0.25, -0.2) is 8.42 Å². The minimum absolute atomic E-state index is 0.255. The summed E-state index contributed by atoms with van der Waals surface area (Å²) in [4.78, 5) is 14.6. The number of rotatable bonds is 7. The van der Waals surface area contributed by atoms with E-state index < -0.39 is 10.0 Å². The van der Waals surface area contributed by atoms with Crippen LogP contribution in [0.5, 0.6) is 0 Å². The molecule has 8 heteroatoms. The summed E-state index contributed by atoms with van der Waals surface area (Å²) in [5, 5.41) is 2.79. The lowest BCUT2D eigenvalue weighted by molar-refractivity contribution is -0.119. The number of para-hydroxylation sites is 1. The van der Waals surface area contributed by atoms with Crippen molar-refractivity contribution in [1.29, 1.82) is 0 Å². The van der Waals surface area contributed by atoms with Crippen molar-refractivity contribution in [3.8, 4) is 0 Å². The van der Waals surface area contributed by atoms with E-state index in [0.717, 1.165) is 48.1 Å². The van der Waals surface area contributed by atoms with Gasteiger partial charge in [-0.3, -0.25) is 9.10 Å². The molecule has 28 heavy (non-hydrogen) atoms. The van der Waals surface area contributed by atoms with Crippen LogP contribution in [-0.2, 0) is 26.1 Å². The van der Waals surface area contributed by atoms with Gasteiger partial charge >= 0.3 is 0 Å². The van der Waals surface area contributed by atoms with Gasteiger partial charge in [-0.1, -0.05) is 30.3 Å². The third-order valence-corrected chi connectivity index (χ3v) is 5.67. The first-order valence-electron chi connectivity index (χ1n) is 9.14. The maximum Gasteiger partial charge on any atom is 0.241 e. The SMILES string of the molecule is CS(=O)(=O)N(CC(=O)NCc1ccc(N2CCOCC2)cc1)c1ccccc1. The summed E-state index contributed by atoms with van der Waals surface area (Å²) in [7, 11) is -3.56. The predicted molar refractivity (Wildman–Crippen MR) is 110 cm³/mol. The van der Waals surface area contributed by atoms with Crippen LogP contribution >= 0.6 is 0 Å². The minimum Gasteiger partial charge on any atom is -0.378 e. The van der Waals surface area contributed by atoms with Crippen molar-refractivity contribution in [2.24, 2.45) is 0 Å². The summed E-state index contributed by atoms with van der Waals surface area (Å²) in [5.74, 6) is -0.355. The van der Waals surface area contributed by atoms with E-state index >= 15 is 0 Å². The molecule has 1 heterocycles. The number of morpholine rings is 1. The summed E-state index contributed by atoms with van der Waals surface area (Å²) in [6.07, 6.45) is 1.09.